The summed E-state index contributed by atoms with van der Waals surface area (Å²) in [6, 6.07) is 0. The summed E-state index contributed by atoms with van der Waals surface area (Å²) in [6.07, 6.45) is 3.13. The first-order chi connectivity index (χ1) is 5.11. The van der Waals surface area contributed by atoms with E-state index >= 15 is 0 Å². The van der Waals surface area contributed by atoms with Crippen LogP contribution in [0.4, 0.5) is 0 Å². The van der Waals surface area contributed by atoms with Crippen molar-refractivity contribution in [3.63, 3.8) is 0 Å². The van der Waals surface area contributed by atoms with Gasteiger partial charge in [0.25, 0.3) is 0 Å². The fraction of sp³-hybridized carbons (Fsp3) is 1.00. The molecule has 0 amide bonds. The lowest BCUT2D eigenvalue weighted by molar-refractivity contribution is -0.0281. The summed E-state index contributed by atoms with van der Waals surface area (Å²) >= 11 is 0. The Morgan fingerprint density at radius 2 is 1.45 bits per heavy atom. The Bertz CT molecular complexity index is 84.9. The van der Waals surface area contributed by atoms with Gasteiger partial charge in [-0.3, -0.25) is 0 Å². The summed E-state index contributed by atoms with van der Waals surface area (Å²) in [7, 11) is 0. The molecule has 0 bridgehead atoms. The highest BCUT2D eigenvalue weighted by atomic mass is 16.5. The zero-order valence-corrected chi connectivity index (χ0v) is 8.55. The summed E-state index contributed by atoms with van der Waals surface area (Å²) in [4.78, 5) is 0. The molecule has 0 aliphatic heterocycles. The Morgan fingerprint density at radius 3 is 1.73 bits per heavy atom. The molecule has 0 aliphatic rings. The third-order valence-corrected chi connectivity index (χ3v) is 2.26. The van der Waals surface area contributed by atoms with Gasteiger partial charge in [-0.2, -0.15) is 0 Å². The summed E-state index contributed by atoms with van der Waals surface area (Å²) in [5.74, 6) is 0.635. The summed E-state index contributed by atoms with van der Waals surface area (Å²) in [5, 5.41) is 0. The second-order valence-corrected chi connectivity index (χ2v) is 3.52. The molecule has 0 fully saturated rings. The topological polar surface area (TPSA) is 9.23 Å². The second-order valence-electron chi connectivity index (χ2n) is 3.52. The van der Waals surface area contributed by atoms with Crippen molar-refractivity contribution in [3.05, 3.63) is 0 Å². The van der Waals surface area contributed by atoms with E-state index in [-0.39, 0.29) is 0 Å². The molecule has 1 atom stereocenters. The molecule has 68 valence electrons. The van der Waals surface area contributed by atoms with E-state index in [4.69, 9.17) is 4.74 Å². The fourth-order valence-corrected chi connectivity index (χ4v) is 0.942. The number of ether oxygens (including phenoxy) is 1. The van der Waals surface area contributed by atoms with E-state index in [9.17, 15) is 0 Å². The van der Waals surface area contributed by atoms with Crippen LogP contribution in [0.25, 0.3) is 0 Å². The van der Waals surface area contributed by atoms with Crippen LogP contribution in [0.2, 0.25) is 0 Å². The van der Waals surface area contributed by atoms with Crippen LogP contribution >= 0.6 is 0 Å². The summed E-state index contributed by atoms with van der Waals surface area (Å²) < 4.78 is 5.81. The van der Waals surface area contributed by atoms with E-state index in [2.05, 4.69) is 34.6 Å². The molecule has 0 aromatic rings. The monoisotopic (exact) mass is 158 g/mol. The summed E-state index contributed by atoms with van der Waals surface area (Å²) in [5.41, 5.74) is 0. The molecular weight excluding hydrogens is 136 g/mol. The molecule has 1 nitrogen and oxygen atoms in total. The second kappa shape index (κ2) is 5.59. The zero-order valence-electron chi connectivity index (χ0n) is 8.55. The van der Waals surface area contributed by atoms with E-state index in [1.807, 2.05) is 0 Å². The fourth-order valence-electron chi connectivity index (χ4n) is 0.942. The molecule has 0 rings (SSSR count). The molecule has 0 N–H and O–H groups in total. The molecule has 11 heavy (non-hydrogen) atoms. The Morgan fingerprint density at radius 1 is 1.00 bits per heavy atom. The third kappa shape index (κ3) is 4.41. The predicted molar refractivity (Wildman–Crippen MR) is 49.8 cm³/mol. The van der Waals surface area contributed by atoms with Crippen LogP contribution in [0.15, 0.2) is 0 Å². The van der Waals surface area contributed by atoms with Crippen LogP contribution in [-0.2, 0) is 4.74 Å². The minimum Gasteiger partial charge on any atom is -0.375 e. The lowest BCUT2D eigenvalue weighted by Gasteiger charge is -2.22. The van der Waals surface area contributed by atoms with Crippen LogP contribution in [0.5, 0.6) is 0 Å². The minimum absolute atomic E-state index is 0.403. The Balaban J connectivity index is 3.62. The third-order valence-electron chi connectivity index (χ3n) is 2.26. The molecule has 0 aliphatic carbocycles. The maximum Gasteiger partial charge on any atom is 0.0573 e. The van der Waals surface area contributed by atoms with Gasteiger partial charge in [-0.05, 0) is 25.7 Å². The molecule has 1 heteroatoms. The van der Waals surface area contributed by atoms with Crippen LogP contribution in [-0.4, -0.2) is 12.2 Å². The van der Waals surface area contributed by atoms with Gasteiger partial charge in [0, 0.05) is 0 Å². The van der Waals surface area contributed by atoms with Crippen molar-refractivity contribution >= 4 is 0 Å². The minimum atomic E-state index is 0.403. The van der Waals surface area contributed by atoms with Crippen LogP contribution in [0.3, 0.4) is 0 Å². The normalized spacial score (nSPS) is 14.5. The first-order valence-corrected chi connectivity index (χ1v) is 4.77. The highest BCUT2D eigenvalue weighted by Crippen LogP contribution is 2.12. The van der Waals surface area contributed by atoms with E-state index in [0.717, 1.165) is 12.8 Å². The highest BCUT2D eigenvalue weighted by molar-refractivity contribution is 4.59. The molecule has 1 unspecified atom stereocenters. The largest absolute Gasteiger partial charge is 0.375 e. The molecule has 0 aromatic heterocycles. The highest BCUT2D eigenvalue weighted by Gasteiger charge is 2.11. The van der Waals surface area contributed by atoms with Gasteiger partial charge in [-0.25, -0.2) is 0 Å². The molecule has 0 saturated heterocycles. The van der Waals surface area contributed by atoms with Crippen molar-refractivity contribution < 1.29 is 4.74 Å². The molecular formula is C10H22O. The molecule has 0 aromatic carbocycles. The Kier molecular flexibility index (Phi) is 5.57. The van der Waals surface area contributed by atoms with E-state index in [0.29, 0.717) is 18.1 Å². The molecule has 0 spiro atoms. The van der Waals surface area contributed by atoms with E-state index in [1.165, 1.54) is 0 Å². The van der Waals surface area contributed by atoms with E-state index in [1.54, 1.807) is 0 Å². The molecule has 0 heterocycles. The van der Waals surface area contributed by atoms with Crippen LogP contribution in [0.1, 0.15) is 47.5 Å². The average Bonchev–Trinajstić information content (AvgIpc) is 1.99. The van der Waals surface area contributed by atoms with Crippen LogP contribution in [0, 0.1) is 5.92 Å². The van der Waals surface area contributed by atoms with Crippen molar-refractivity contribution in [2.45, 2.75) is 59.7 Å². The van der Waals surface area contributed by atoms with Gasteiger partial charge >= 0.3 is 0 Å². The van der Waals surface area contributed by atoms with Gasteiger partial charge in [0.05, 0.1) is 12.2 Å². The number of hydrogen-bond acceptors (Lipinski definition) is 1. The standard InChI is InChI=1S/C10H22O/c1-6-10(7-2)11-9(5)8(3)4/h8-10H,6-7H2,1-5H3. The van der Waals surface area contributed by atoms with Crippen molar-refractivity contribution in [2.24, 2.45) is 5.92 Å². The predicted octanol–water partition coefficient (Wildman–Crippen LogP) is 3.24. The molecule has 0 radical (unpaired) electrons. The van der Waals surface area contributed by atoms with Crippen molar-refractivity contribution in [1.29, 1.82) is 0 Å². The SMILES string of the molecule is CCC(CC)OC(C)C(C)C. The van der Waals surface area contributed by atoms with Crippen molar-refractivity contribution in [1.82, 2.24) is 0 Å². The Hall–Kier alpha value is -0.0400. The first kappa shape index (κ1) is 11.0. The Labute approximate surface area is 71.1 Å². The van der Waals surface area contributed by atoms with Gasteiger partial charge in [-0.1, -0.05) is 27.7 Å². The van der Waals surface area contributed by atoms with Gasteiger partial charge in [-0.15, -0.1) is 0 Å². The number of hydrogen-bond donors (Lipinski definition) is 0. The van der Waals surface area contributed by atoms with Gasteiger partial charge in [0.15, 0.2) is 0 Å². The lowest BCUT2D eigenvalue weighted by atomic mass is 10.1. The van der Waals surface area contributed by atoms with Gasteiger partial charge < -0.3 is 4.74 Å². The number of rotatable bonds is 5. The van der Waals surface area contributed by atoms with Gasteiger partial charge in [0.1, 0.15) is 0 Å². The zero-order chi connectivity index (χ0) is 8.85. The van der Waals surface area contributed by atoms with Crippen molar-refractivity contribution in [2.75, 3.05) is 0 Å². The van der Waals surface area contributed by atoms with Crippen LogP contribution < -0.4 is 0 Å². The lowest BCUT2D eigenvalue weighted by Crippen LogP contribution is -2.22. The molecule has 0 saturated carbocycles. The maximum atomic E-state index is 5.81. The van der Waals surface area contributed by atoms with E-state index < -0.39 is 0 Å². The van der Waals surface area contributed by atoms with Gasteiger partial charge in [0.2, 0.25) is 0 Å². The quantitative estimate of drug-likeness (QED) is 0.597. The summed E-state index contributed by atoms with van der Waals surface area (Å²) in [6.45, 7) is 10.9. The smallest absolute Gasteiger partial charge is 0.0573 e. The maximum absolute atomic E-state index is 5.81. The average molecular weight is 158 g/mol. The van der Waals surface area contributed by atoms with Crippen molar-refractivity contribution in [3.8, 4) is 0 Å². The first-order valence-electron chi connectivity index (χ1n) is 4.77.